The predicted molar refractivity (Wildman–Crippen MR) is 37.7 cm³/mol. The molecule has 2 N–H and O–H groups in total. The third-order valence-corrected chi connectivity index (χ3v) is 2.63. The quantitative estimate of drug-likeness (QED) is 0.440. The van der Waals surface area contributed by atoms with Gasteiger partial charge in [0.15, 0.2) is 0 Å². The van der Waals surface area contributed by atoms with Gasteiger partial charge in [-0.1, -0.05) is 6.92 Å². The van der Waals surface area contributed by atoms with Crippen LogP contribution in [0.4, 0.5) is 0 Å². The smallest absolute Gasteiger partial charge is 0.248 e. The maximum absolute atomic E-state index is 11.1. The van der Waals surface area contributed by atoms with Crippen molar-refractivity contribution in [2.24, 2.45) is 5.92 Å². The van der Waals surface area contributed by atoms with Gasteiger partial charge in [0.2, 0.25) is 11.8 Å². The van der Waals surface area contributed by atoms with E-state index < -0.39 is 5.54 Å². The highest BCUT2D eigenvalue weighted by Gasteiger charge is 2.55. The van der Waals surface area contributed by atoms with Crippen molar-refractivity contribution in [1.82, 2.24) is 10.6 Å². The molecule has 2 fully saturated rings. The molecule has 2 aliphatic rings. The van der Waals surface area contributed by atoms with E-state index in [0.717, 1.165) is 0 Å². The van der Waals surface area contributed by atoms with Gasteiger partial charge in [0.05, 0.1) is 6.54 Å². The fourth-order valence-electron chi connectivity index (χ4n) is 1.73. The zero-order valence-electron chi connectivity index (χ0n) is 6.31. The van der Waals surface area contributed by atoms with E-state index in [0.29, 0.717) is 13.0 Å². The topological polar surface area (TPSA) is 58.2 Å². The molecule has 0 radical (unpaired) electrons. The van der Waals surface area contributed by atoms with Gasteiger partial charge in [-0.3, -0.25) is 9.59 Å². The van der Waals surface area contributed by atoms with Gasteiger partial charge in [-0.05, 0) is 5.92 Å². The van der Waals surface area contributed by atoms with Gasteiger partial charge in [-0.25, -0.2) is 0 Å². The molecular formula is C7H10N2O2. The Morgan fingerprint density at radius 3 is 2.45 bits per heavy atom. The summed E-state index contributed by atoms with van der Waals surface area (Å²) < 4.78 is 0. The lowest BCUT2D eigenvalue weighted by Crippen LogP contribution is -2.72. The second-order valence-corrected chi connectivity index (χ2v) is 3.31. The molecule has 2 heterocycles. The molecular weight excluding hydrogens is 144 g/mol. The van der Waals surface area contributed by atoms with Crippen molar-refractivity contribution in [3.63, 3.8) is 0 Å². The zero-order chi connectivity index (χ0) is 8.06. The van der Waals surface area contributed by atoms with E-state index in [1.807, 2.05) is 6.92 Å². The molecule has 4 heteroatoms. The van der Waals surface area contributed by atoms with Gasteiger partial charge in [0.25, 0.3) is 0 Å². The first-order chi connectivity index (χ1) is 5.15. The third-order valence-electron chi connectivity index (χ3n) is 2.63. The molecule has 0 aliphatic carbocycles. The van der Waals surface area contributed by atoms with Crippen LogP contribution in [-0.4, -0.2) is 23.9 Å². The fraction of sp³-hybridized carbons (Fsp3) is 0.714. The van der Waals surface area contributed by atoms with Crippen molar-refractivity contribution in [2.45, 2.75) is 18.9 Å². The number of nitrogens with one attached hydrogen (secondary N) is 2. The number of carbonyl (C=O) groups is 2. The summed E-state index contributed by atoms with van der Waals surface area (Å²) >= 11 is 0. The second-order valence-electron chi connectivity index (χ2n) is 3.31. The number of hydrogen-bond acceptors (Lipinski definition) is 2. The van der Waals surface area contributed by atoms with E-state index in [2.05, 4.69) is 10.6 Å². The van der Waals surface area contributed by atoms with Gasteiger partial charge in [0.1, 0.15) is 5.54 Å². The monoisotopic (exact) mass is 154 g/mol. The Balaban J connectivity index is 2.26. The normalized spacial score (nSPS) is 41.7. The maximum Gasteiger partial charge on any atom is 0.248 e. The molecule has 1 unspecified atom stereocenters. The molecule has 4 nitrogen and oxygen atoms in total. The summed E-state index contributed by atoms with van der Waals surface area (Å²) in [5, 5.41) is 5.35. The molecule has 0 aromatic heterocycles. The van der Waals surface area contributed by atoms with Crippen LogP contribution in [-0.2, 0) is 9.59 Å². The standard InChI is InChI=1S/C7H10N2O2/c1-4-2-5(10)9-7(4)3-8-6(7)11/h4H,2-3H2,1H3,(H,8,11)(H,9,10)/t4-,7?/m0/s1. The molecule has 2 rings (SSSR count). The van der Waals surface area contributed by atoms with Crippen LogP contribution >= 0.6 is 0 Å². The number of hydrogen-bond donors (Lipinski definition) is 2. The average Bonchev–Trinajstić information content (AvgIpc) is 2.25. The van der Waals surface area contributed by atoms with Crippen LogP contribution in [0.1, 0.15) is 13.3 Å². The van der Waals surface area contributed by atoms with Crippen LogP contribution in [0.3, 0.4) is 0 Å². The summed E-state index contributed by atoms with van der Waals surface area (Å²) in [6, 6.07) is 0. The Hall–Kier alpha value is -1.06. The molecule has 2 amide bonds. The van der Waals surface area contributed by atoms with Gasteiger partial charge < -0.3 is 10.6 Å². The van der Waals surface area contributed by atoms with E-state index in [-0.39, 0.29) is 17.7 Å². The van der Waals surface area contributed by atoms with E-state index in [4.69, 9.17) is 0 Å². The van der Waals surface area contributed by atoms with Crippen LogP contribution < -0.4 is 10.6 Å². The minimum absolute atomic E-state index is 0.00708. The summed E-state index contributed by atoms with van der Waals surface area (Å²) in [5.41, 5.74) is -0.545. The molecule has 11 heavy (non-hydrogen) atoms. The first-order valence-electron chi connectivity index (χ1n) is 3.74. The summed E-state index contributed by atoms with van der Waals surface area (Å²) in [5.74, 6) is 0.104. The van der Waals surface area contributed by atoms with Crippen molar-refractivity contribution < 1.29 is 9.59 Å². The highest BCUT2D eigenvalue weighted by Crippen LogP contribution is 2.31. The summed E-state index contributed by atoms with van der Waals surface area (Å²) in [6.45, 7) is 2.52. The Labute approximate surface area is 64.3 Å². The van der Waals surface area contributed by atoms with Crippen molar-refractivity contribution in [1.29, 1.82) is 0 Å². The SMILES string of the molecule is C[C@H]1CC(=O)NC12CNC2=O. The highest BCUT2D eigenvalue weighted by atomic mass is 16.2. The van der Waals surface area contributed by atoms with E-state index in [1.54, 1.807) is 0 Å². The zero-order valence-corrected chi connectivity index (χ0v) is 6.31. The number of β-lactam (4-membered cyclic amide) rings is 1. The molecule has 0 aromatic carbocycles. The minimum Gasteiger partial charge on any atom is -0.351 e. The fourth-order valence-corrected chi connectivity index (χ4v) is 1.73. The molecule has 0 bridgehead atoms. The summed E-state index contributed by atoms with van der Waals surface area (Å²) in [7, 11) is 0. The predicted octanol–water partition coefficient (Wildman–Crippen LogP) is -0.989. The second kappa shape index (κ2) is 1.75. The van der Waals surface area contributed by atoms with Gasteiger partial charge in [-0.2, -0.15) is 0 Å². The van der Waals surface area contributed by atoms with E-state index >= 15 is 0 Å². The van der Waals surface area contributed by atoms with Crippen LogP contribution in [0.15, 0.2) is 0 Å². The van der Waals surface area contributed by atoms with Crippen LogP contribution in [0.2, 0.25) is 0 Å². The van der Waals surface area contributed by atoms with E-state index in [9.17, 15) is 9.59 Å². The van der Waals surface area contributed by atoms with Crippen molar-refractivity contribution in [2.75, 3.05) is 6.54 Å². The van der Waals surface area contributed by atoms with Crippen molar-refractivity contribution in [3.05, 3.63) is 0 Å². The first-order valence-corrected chi connectivity index (χ1v) is 3.74. The Kier molecular flexibility index (Phi) is 1.06. The molecule has 0 aromatic rings. The number of rotatable bonds is 0. The minimum atomic E-state index is -0.545. The Morgan fingerprint density at radius 1 is 1.55 bits per heavy atom. The molecule has 2 saturated heterocycles. The Morgan fingerprint density at radius 2 is 2.27 bits per heavy atom. The summed E-state index contributed by atoms with van der Waals surface area (Å²) in [6.07, 6.45) is 0.480. The third kappa shape index (κ3) is 0.640. The Bertz CT molecular complexity index is 239. The molecule has 2 atom stereocenters. The maximum atomic E-state index is 11.1. The largest absolute Gasteiger partial charge is 0.351 e. The lowest BCUT2D eigenvalue weighted by Gasteiger charge is -2.40. The van der Waals surface area contributed by atoms with Gasteiger partial charge >= 0.3 is 0 Å². The molecule has 60 valence electrons. The van der Waals surface area contributed by atoms with Crippen LogP contribution in [0.25, 0.3) is 0 Å². The average molecular weight is 154 g/mol. The number of amides is 2. The lowest BCUT2D eigenvalue weighted by molar-refractivity contribution is -0.137. The van der Waals surface area contributed by atoms with Crippen LogP contribution in [0, 0.1) is 5.92 Å². The van der Waals surface area contributed by atoms with Crippen LogP contribution in [0.5, 0.6) is 0 Å². The van der Waals surface area contributed by atoms with Gasteiger partial charge in [-0.15, -0.1) is 0 Å². The molecule has 0 saturated carbocycles. The number of carbonyl (C=O) groups excluding carboxylic acids is 2. The molecule has 1 spiro atoms. The lowest BCUT2D eigenvalue weighted by atomic mass is 9.81. The first kappa shape index (κ1) is 6.64. The molecule has 2 aliphatic heterocycles. The van der Waals surface area contributed by atoms with E-state index in [1.165, 1.54) is 0 Å². The highest BCUT2D eigenvalue weighted by molar-refractivity contribution is 5.99. The van der Waals surface area contributed by atoms with Crippen molar-refractivity contribution in [3.8, 4) is 0 Å². The summed E-state index contributed by atoms with van der Waals surface area (Å²) in [4.78, 5) is 22.0. The van der Waals surface area contributed by atoms with Gasteiger partial charge in [0, 0.05) is 6.42 Å². The van der Waals surface area contributed by atoms with Crippen molar-refractivity contribution >= 4 is 11.8 Å².